The number of halogens is 1. The highest BCUT2D eigenvalue weighted by Gasteiger charge is 2.34. The SMILES string of the molecule is Cc1onc(-c2cccc(F)c2)c1C1OC(C)O1. The fraction of sp³-hybridized carbons (Fsp3) is 0.308. The number of ether oxygens (including phenoxy) is 2. The topological polar surface area (TPSA) is 44.5 Å². The fourth-order valence-electron chi connectivity index (χ4n) is 2.00. The van der Waals surface area contributed by atoms with Crippen molar-refractivity contribution in [2.75, 3.05) is 0 Å². The minimum absolute atomic E-state index is 0.232. The van der Waals surface area contributed by atoms with Gasteiger partial charge < -0.3 is 14.0 Å². The molecule has 0 aliphatic carbocycles. The summed E-state index contributed by atoms with van der Waals surface area (Å²) in [5, 5.41) is 3.95. The molecule has 1 aromatic heterocycles. The van der Waals surface area contributed by atoms with E-state index in [-0.39, 0.29) is 12.1 Å². The molecule has 1 saturated heterocycles. The number of aromatic nitrogens is 1. The van der Waals surface area contributed by atoms with Crippen LogP contribution in [-0.2, 0) is 9.47 Å². The molecule has 4 nitrogen and oxygen atoms in total. The molecule has 0 spiro atoms. The van der Waals surface area contributed by atoms with Gasteiger partial charge >= 0.3 is 0 Å². The zero-order valence-corrected chi connectivity index (χ0v) is 10.0. The first-order valence-electron chi connectivity index (χ1n) is 5.68. The van der Waals surface area contributed by atoms with Crippen LogP contribution in [0.2, 0.25) is 0 Å². The van der Waals surface area contributed by atoms with Crippen molar-refractivity contribution in [3.8, 4) is 11.3 Å². The quantitative estimate of drug-likeness (QED) is 0.820. The van der Waals surface area contributed by atoms with Crippen LogP contribution in [0.15, 0.2) is 28.8 Å². The largest absolute Gasteiger partial charge is 0.361 e. The van der Waals surface area contributed by atoms with E-state index in [2.05, 4.69) is 5.16 Å². The molecule has 2 aromatic rings. The lowest BCUT2D eigenvalue weighted by Gasteiger charge is -2.33. The fourth-order valence-corrected chi connectivity index (χ4v) is 2.00. The van der Waals surface area contributed by atoms with Crippen LogP contribution in [0.5, 0.6) is 0 Å². The van der Waals surface area contributed by atoms with Crippen LogP contribution in [-0.4, -0.2) is 11.4 Å². The highest BCUT2D eigenvalue weighted by Crippen LogP contribution is 2.39. The molecular weight excluding hydrogens is 237 g/mol. The molecule has 0 N–H and O–H groups in total. The Hall–Kier alpha value is -1.72. The molecule has 0 bridgehead atoms. The van der Waals surface area contributed by atoms with Crippen molar-refractivity contribution < 1.29 is 18.4 Å². The molecule has 0 radical (unpaired) electrons. The first kappa shape index (κ1) is 11.4. The summed E-state index contributed by atoms with van der Waals surface area (Å²) in [7, 11) is 0. The maximum Gasteiger partial charge on any atom is 0.195 e. The van der Waals surface area contributed by atoms with E-state index in [4.69, 9.17) is 14.0 Å². The second-order valence-electron chi connectivity index (χ2n) is 4.18. The van der Waals surface area contributed by atoms with Crippen molar-refractivity contribution in [2.24, 2.45) is 0 Å². The number of nitrogens with zero attached hydrogens (tertiary/aromatic N) is 1. The number of rotatable bonds is 2. The Morgan fingerprint density at radius 2 is 2.06 bits per heavy atom. The normalized spacial score (nSPS) is 22.8. The monoisotopic (exact) mass is 249 g/mol. The van der Waals surface area contributed by atoms with Crippen LogP contribution in [0.4, 0.5) is 4.39 Å². The minimum atomic E-state index is -0.482. The molecule has 0 unspecified atom stereocenters. The first-order chi connectivity index (χ1) is 8.65. The van der Waals surface area contributed by atoms with Crippen LogP contribution in [0.3, 0.4) is 0 Å². The van der Waals surface area contributed by atoms with Crippen molar-refractivity contribution >= 4 is 0 Å². The number of hydrogen-bond donors (Lipinski definition) is 0. The number of aryl methyl sites for hydroxylation is 1. The van der Waals surface area contributed by atoms with Gasteiger partial charge in [-0.15, -0.1) is 0 Å². The summed E-state index contributed by atoms with van der Waals surface area (Å²) >= 11 is 0. The summed E-state index contributed by atoms with van der Waals surface area (Å²) in [5.41, 5.74) is 1.93. The molecule has 5 heteroatoms. The zero-order valence-electron chi connectivity index (χ0n) is 10.0. The molecule has 0 atom stereocenters. The van der Waals surface area contributed by atoms with Gasteiger partial charge in [0.2, 0.25) is 0 Å². The van der Waals surface area contributed by atoms with E-state index in [1.54, 1.807) is 26.0 Å². The van der Waals surface area contributed by atoms with E-state index in [9.17, 15) is 4.39 Å². The van der Waals surface area contributed by atoms with Crippen molar-refractivity contribution in [3.05, 3.63) is 41.4 Å². The van der Waals surface area contributed by atoms with Gasteiger partial charge in [-0.3, -0.25) is 0 Å². The van der Waals surface area contributed by atoms with Crippen LogP contribution in [0, 0.1) is 12.7 Å². The third kappa shape index (κ3) is 1.81. The summed E-state index contributed by atoms with van der Waals surface area (Å²) in [6.45, 7) is 3.59. The lowest BCUT2D eigenvalue weighted by atomic mass is 10.1. The molecule has 0 saturated carbocycles. The molecule has 1 aliphatic heterocycles. The van der Waals surface area contributed by atoms with Gasteiger partial charge in [0.1, 0.15) is 17.3 Å². The van der Waals surface area contributed by atoms with Crippen LogP contribution in [0.1, 0.15) is 24.5 Å². The predicted molar refractivity (Wildman–Crippen MR) is 61.0 cm³/mol. The van der Waals surface area contributed by atoms with Gasteiger partial charge in [0.25, 0.3) is 0 Å². The second-order valence-corrected chi connectivity index (χ2v) is 4.18. The van der Waals surface area contributed by atoms with Crippen LogP contribution < -0.4 is 0 Å². The Balaban J connectivity index is 2.02. The Bertz CT molecular complexity index is 575. The Morgan fingerprint density at radius 1 is 1.28 bits per heavy atom. The van der Waals surface area contributed by atoms with E-state index < -0.39 is 6.29 Å². The standard InChI is InChI=1S/C13H12FNO3/c1-7-11(13-16-8(2)17-13)12(15-18-7)9-4-3-5-10(14)6-9/h3-6,8,13H,1-2H3. The molecule has 1 aliphatic rings. The summed E-state index contributed by atoms with van der Waals surface area (Å²) < 4.78 is 29.3. The van der Waals surface area contributed by atoms with Gasteiger partial charge in [0, 0.05) is 5.56 Å². The van der Waals surface area contributed by atoms with Gasteiger partial charge in [-0.25, -0.2) is 4.39 Å². The van der Waals surface area contributed by atoms with Gasteiger partial charge in [0.05, 0.1) is 5.56 Å². The Kier molecular flexibility index (Phi) is 2.65. The lowest BCUT2D eigenvalue weighted by molar-refractivity contribution is -0.382. The molecule has 0 amide bonds. The van der Waals surface area contributed by atoms with E-state index in [0.29, 0.717) is 17.0 Å². The Morgan fingerprint density at radius 3 is 2.72 bits per heavy atom. The lowest BCUT2D eigenvalue weighted by Crippen LogP contribution is -2.32. The smallest absolute Gasteiger partial charge is 0.195 e. The van der Waals surface area contributed by atoms with E-state index in [1.807, 2.05) is 0 Å². The van der Waals surface area contributed by atoms with Crippen molar-refractivity contribution in [3.63, 3.8) is 0 Å². The van der Waals surface area contributed by atoms with Crippen LogP contribution >= 0.6 is 0 Å². The first-order valence-corrected chi connectivity index (χ1v) is 5.68. The van der Waals surface area contributed by atoms with Crippen LogP contribution in [0.25, 0.3) is 11.3 Å². The molecule has 18 heavy (non-hydrogen) atoms. The summed E-state index contributed by atoms with van der Waals surface area (Å²) in [4.78, 5) is 0. The van der Waals surface area contributed by atoms with E-state index >= 15 is 0 Å². The summed E-state index contributed by atoms with van der Waals surface area (Å²) in [6, 6.07) is 6.19. The molecule has 1 fully saturated rings. The highest BCUT2D eigenvalue weighted by atomic mass is 19.1. The molecule has 3 rings (SSSR count). The average molecular weight is 249 g/mol. The second kappa shape index (κ2) is 4.19. The van der Waals surface area contributed by atoms with Gasteiger partial charge in [0.15, 0.2) is 12.6 Å². The highest BCUT2D eigenvalue weighted by molar-refractivity contribution is 5.63. The average Bonchev–Trinajstić information content (AvgIpc) is 2.67. The van der Waals surface area contributed by atoms with Gasteiger partial charge in [-0.05, 0) is 26.0 Å². The van der Waals surface area contributed by atoms with Crippen molar-refractivity contribution in [1.29, 1.82) is 0 Å². The number of hydrogen-bond acceptors (Lipinski definition) is 4. The third-order valence-electron chi connectivity index (χ3n) is 2.87. The number of benzene rings is 1. The Labute approximate surface area is 103 Å². The van der Waals surface area contributed by atoms with E-state index in [0.717, 1.165) is 5.56 Å². The van der Waals surface area contributed by atoms with Gasteiger partial charge in [-0.2, -0.15) is 0 Å². The molecule has 94 valence electrons. The summed E-state index contributed by atoms with van der Waals surface area (Å²) in [5.74, 6) is 0.300. The molecular formula is C13H12FNO3. The maximum atomic E-state index is 13.2. The molecule has 1 aromatic carbocycles. The summed E-state index contributed by atoms with van der Waals surface area (Å²) in [6.07, 6.45) is -0.714. The molecule has 2 heterocycles. The zero-order chi connectivity index (χ0) is 12.7. The van der Waals surface area contributed by atoms with Gasteiger partial charge in [-0.1, -0.05) is 17.3 Å². The predicted octanol–water partition coefficient (Wildman–Crippen LogP) is 3.18. The minimum Gasteiger partial charge on any atom is -0.361 e. The van der Waals surface area contributed by atoms with E-state index in [1.165, 1.54) is 12.1 Å². The van der Waals surface area contributed by atoms with Crippen molar-refractivity contribution in [1.82, 2.24) is 5.16 Å². The van der Waals surface area contributed by atoms with Crippen molar-refractivity contribution in [2.45, 2.75) is 26.4 Å². The maximum absolute atomic E-state index is 13.2. The third-order valence-corrected chi connectivity index (χ3v) is 2.87.